The van der Waals surface area contributed by atoms with Crippen LogP contribution in [-0.4, -0.2) is 29.2 Å². The van der Waals surface area contributed by atoms with Gasteiger partial charge in [0.25, 0.3) is 0 Å². The van der Waals surface area contributed by atoms with Crippen molar-refractivity contribution in [2.75, 3.05) is 6.54 Å². The lowest BCUT2D eigenvalue weighted by molar-refractivity contribution is -0.134. The Bertz CT molecular complexity index is 805. The summed E-state index contributed by atoms with van der Waals surface area (Å²) in [6.07, 6.45) is 0.710. The molecule has 3 rings (SSSR count). The Kier molecular flexibility index (Phi) is 6.22. The second kappa shape index (κ2) is 8.80. The first kappa shape index (κ1) is 19.1. The summed E-state index contributed by atoms with van der Waals surface area (Å²) in [6.45, 7) is 5.03. The summed E-state index contributed by atoms with van der Waals surface area (Å²) in [5.74, 6) is 0.0693. The van der Waals surface area contributed by atoms with Crippen molar-refractivity contribution in [3.8, 4) is 0 Å². The van der Waals surface area contributed by atoms with Gasteiger partial charge in [0.15, 0.2) is 6.10 Å². The SMILES string of the molecule is CC(C)CC(=O)N(Cc1ccccc1)C[C@H]1CC(c2ccccc2F)=NO1. The summed E-state index contributed by atoms with van der Waals surface area (Å²) in [5.41, 5.74) is 2.13. The number of halogens is 1. The fourth-order valence-electron chi connectivity index (χ4n) is 3.16. The number of oxime groups is 1. The lowest BCUT2D eigenvalue weighted by Crippen LogP contribution is -2.37. The van der Waals surface area contributed by atoms with E-state index in [0.29, 0.717) is 37.2 Å². The quantitative estimate of drug-likeness (QED) is 0.727. The minimum Gasteiger partial charge on any atom is -0.390 e. The molecule has 142 valence electrons. The number of amides is 1. The number of rotatable bonds is 7. The van der Waals surface area contributed by atoms with Gasteiger partial charge in [-0.25, -0.2) is 4.39 Å². The average molecular weight is 368 g/mol. The van der Waals surface area contributed by atoms with Crippen LogP contribution in [-0.2, 0) is 16.2 Å². The third-order valence-corrected chi connectivity index (χ3v) is 4.49. The molecule has 27 heavy (non-hydrogen) atoms. The molecule has 0 radical (unpaired) electrons. The molecule has 2 aromatic carbocycles. The maximum absolute atomic E-state index is 14.0. The summed E-state index contributed by atoms with van der Waals surface area (Å²) < 4.78 is 14.0. The monoisotopic (exact) mass is 368 g/mol. The topological polar surface area (TPSA) is 41.9 Å². The maximum Gasteiger partial charge on any atom is 0.223 e. The van der Waals surface area contributed by atoms with Crippen molar-refractivity contribution in [1.29, 1.82) is 0 Å². The third kappa shape index (κ3) is 5.16. The van der Waals surface area contributed by atoms with Crippen LogP contribution in [0.1, 0.15) is 37.8 Å². The number of hydrogen-bond donors (Lipinski definition) is 0. The van der Waals surface area contributed by atoms with E-state index in [1.54, 1.807) is 18.2 Å². The molecule has 4 nitrogen and oxygen atoms in total. The van der Waals surface area contributed by atoms with Crippen LogP contribution in [0.4, 0.5) is 4.39 Å². The number of carbonyl (C=O) groups excluding carboxylic acids is 1. The van der Waals surface area contributed by atoms with Crippen molar-refractivity contribution >= 4 is 11.6 Å². The second-order valence-corrected chi connectivity index (χ2v) is 7.31. The minimum atomic E-state index is -0.308. The van der Waals surface area contributed by atoms with Gasteiger partial charge in [0.2, 0.25) is 5.91 Å². The molecule has 0 bridgehead atoms. The zero-order chi connectivity index (χ0) is 19.2. The van der Waals surface area contributed by atoms with E-state index in [0.717, 1.165) is 5.56 Å². The molecule has 0 N–H and O–H groups in total. The van der Waals surface area contributed by atoms with Gasteiger partial charge in [-0.2, -0.15) is 0 Å². The first-order valence-corrected chi connectivity index (χ1v) is 9.32. The molecule has 1 aliphatic rings. The van der Waals surface area contributed by atoms with Crippen molar-refractivity contribution < 1.29 is 14.0 Å². The van der Waals surface area contributed by atoms with E-state index in [1.165, 1.54) is 6.07 Å². The Hall–Kier alpha value is -2.69. The minimum absolute atomic E-state index is 0.0943. The van der Waals surface area contributed by atoms with Gasteiger partial charge >= 0.3 is 0 Å². The van der Waals surface area contributed by atoms with Gasteiger partial charge in [0.1, 0.15) is 5.82 Å². The van der Waals surface area contributed by atoms with Crippen LogP contribution in [0, 0.1) is 11.7 Å². The van der Waals surface area contributed by atoms with Gasteiger partial charge in [0, 0.05) is 24.9 Å². The highest BCUT2D eigenvalue weighted by atomic mass is 19.1. The van der Waals surface area contributed by atoms with Crippen LogP contribution in [0.3, 0.4) is 0 Å². The summed E-state index contributed by atoms with van der Waals surface area (Å²) in [7, 11) is 0. The van der Waals surface area contributed by atoms with Crippen LogP contribution >= 0.6 is 0 Å². The summed E-state index contributed by atoms with van der Waals surface area (Å²) in [6, 6.07) is 16.4. The molecule has 1 heterocycles. The summed E-state index contributed by atoms with van der Waals surface area (Å²) >= 11 is 0. The molecule has 0 unspecified atom stereocenters. The van der Waals surface area contributed by atoms with Gasteiger partial charge in [-0.05, 0) is 17.5 Å². The molecule has 0 aliphatic carbocycles. The Labute approximate surface area is 159 Å². The predicted octanol–water partition coefficient (Wildman–Crippen LogP) is 4.39. The first-order valence-electron chi connectivity index (χ1n) is 9.32. The zero-order valence-corrected chi connectivity index (χ0v) is 15.8. The molecular weight excluding hydrogens is 343 g/mol. The maximum atomic E-state index is 14.0. The van der Waals surface area contributed by atoms with Gasteiger partial charge in [-0.3, -0.25) is 4.79 Å². The standard InChI is InChI=1S/C22H25FN2O2/c1-16(2)12-22(26)25(14-17-8-4-3-5-9-17)15-18-13-21(24-27-18)19-10-6-7-11-20(19)23/h3-11,16,18H,12-15H2,1-2H3/t18-/m1/s1. The molecule has 2 aromatic rings. The molecule has 0 saturated heterocycles. The number of carbonyl (C=O) groups is 1. The largest absolute Gasteiger partial charge is 0.390 e. The van der Waals surface area contributed by atoms with E-state index >= 15 is 0 Å². The van der Waals surface area contributed by atoms with Crippen molar-refractivity contribution in [3.05, 3.63) is 71.5 Å². The van der Waals surface area contributed by atoms with Crippen molar-refractivity contribution in [2.45, 2.75) is 39.3 Å². The predicted molar refractivity (Wildman–Crippen MR) is 104 cm³/mol. The Morgan fingerprint density at radius 1 is 1.19 bits per heavy atom. The average Bonchev–Trinajstić information content (AvgIpc) is 3.10. The van der Waals surface area contributed by atoms with Crippen molar-refractivity contribution in [1.82, 2.24) is 4.90 Å². The number of benzene rings is 2. The van der Waals surface area contributed by atoms with Crippen molar-refractivity contribution in [2.24, 2.45) is 11.1 Å². The van der Waals surface area contributed by atoms with Crippen LogP contribution in [0.5, 0.6) is 0 Å². The fraction of sp³-hybridized carbons (Fsp3) is 0.364. The Morgan fingerprint density at radius 3 is 2.59 bits per heavy atom. The van der Waals surface area contributed by atoms with E-state index in [9.17, 15) is 9.18 Å². The van der Waals surface area contributed by atoms with Gasteiger partial charge < -0.3 is 9.74 Å². The highest BCUT2D eigenvalue weighted by Gasteiger charge is 2.28. The summed E-state index contributed by atoms with van der Waals surface area (Å²) in [4.78, 5) is 20.1. The van der Waals surface area contributed by atoms with E-state index in [1.807, 2.05) is 49.1 Å². The van der Waals surface area contributed by atoms with Crippen LogP contribution in [0.25, 0.3) is 0 Å². The Morgan fingerprint density at radius 2 is 1.89 bits per heavy atom. The first-order chi connectivity index (χ1) is 13.0. The van der Waals surface area contributed by atoms with E-state index < -0.39 is 0 Å². The lowest BCUT2D eigenvalue weighted by Gasteiger charge is -2.26. The molecule has 0 saturated carbocycles. The van der Waals surface area contributed by atoms with Gasteiger partial charge in [-0.15, -0.1) is 0 Å². The molecule has 0 fully saturated rings. The molecular formula is C22H25FN2O2. The van der Waals surface area contributed by atoms with Gasteiger partial charge in [0.05, 0.1) is 12.3 Å². The zero-order valence-electron chi connectivity index (χ0n) is 15.8. The highest BCUT2D eigenvalue weighted by molar-refractivity contribution is 6.01. The van der Waals surface area contributed by atoms with Crippen LogP contribution in [0.15, 0.2) is 59.8 Å². The molecule has 1 aliphatic heterocycles. The van der Waals surface area contributed by atoms with Crippen LogP contribution in [0.2, 0.25) is 0 Å². The highest BCUT2D eigenvalue weighted by Crippen LogP contribution is 2.21. The molecule has 5 heteroatoms. The lowest BCUT2D eigenvalue weighted by atomic mass is 10.0. The van der Waals surface area contributed by atoms with E-state index in [2.05, 4.69) is 5.16 Å². The van der Waals surface area contributed by atoms with Gasteiger partial charge in [-0.1, -0.05) is 67.5 Å². The number of hydrogen-bond acceptors (Lipinski definition) is 3. The summed E-state index contributed by atoms with van der Waals surface area (Å²) in [5, 5.41) is 4.07. The smallest absolute Gasteiger partial charge is 0.223 e. The Balaban J connectivity index is 1.67. The molecule has 1 amide bonds. The van der Waals surface area contributed by atoms with E-state index in [-0.39, 0.29) is 23.7 Å². The van der Waals surface area contributed by atoms with Crippen molar-refractivity contribution in [3.63, 3.8) is 0 Å². The fourth-order valence-corrected chi connectivity index (χ4v) is 3.16. The number of nitrogens with zero attached hydrogens (tertiary/aromatic N) is 2. The molecule has 0 aromatic heterocycles. The normalized spacial score (nSPS) is 16.1. The van der Waals surface area contributed by atoms with E-state index in [4.69, 9.17) is 4.84 Å². The molecule has 0 spiro atoms. The third-order valence-electron chi connectivity index (χ3n) is 4.49. The van der Waals surface area contributed by atoms with Crippen LogP contribution < -0.4 is 0 Å². The second-order valence-electron chi connectivity index (χ2n) is 7.31. The molecule has 1 atom stereocenters.